The second-order valence-corrected chi connectivity index (χ2v) is 8.84. The largest absolute Gasteiger partial charge is 0.350 e. The van der Waals surface area contributed by atoms with Crippen molar-refractivity contribution in [2.24, 2.45) is 0 Å². The van der Waals surface area contributed by atoms with Crippen molar-refractivity contribution < 1.29 is 9.18 Å². The maximum Gasteiger partial charge on any atom is 0.272 e. The van der Waals surface area contributed by atoms with Crippen molar-refractivity contribution in [3.63, 3.8) is 0 Å². The molecule has 2 bridgehead atoms. The third-order valence-corrected chi connectivity index (χ3v) is 6.69. The van der Waals surface area contributed by atoms with Crippen molar-refractivity contribution in [3.8, 4) is 5.69 Å². The molecular weight excluding hydrogens is 424 g/mol. The van der Waals surface area contributed by atoms with Crippen LogP contribution in [0.4, 0.5) is 4.39 Å². The maximum atomic E-state index is 13.1. The normalized spacial score (nSPS) is 19.2. The number of hydrogen-bond acceptors (Lipinski definition) is 2. The Kier molecular flexibility index (Phi) is 5.03. The lowest BCUT2D eigenvalue weighted by Crippen LogP contribution is -2.27. The molecule has 7 heteroatoms. The Balaban J connectivity index is 1.42. The number of carbonyl (C=O) groups is 1. The zero-order valence-corrected chi connectivity index (χ0v) is 17.7. The molecule has 2 unspecified atom stereocenters. The second kappa shape index (κ2) is 7.71. The molecule has 0 saturated heterocycles. The van der Waals surface area contributed by atoms with Gasteiger partial charge in [0, 0.05) is 23.0 Å². The predicted molar refractivity (Wildman–Crippen MR) is 115 cm³/mol. The van der Waals surface area contributed by atoms with Gasteiger partial charge in [0.25, 0.3) is 5.91 Å². The van der Waals surface area contributed by atoms with Gasteiger partial charge < -0.3 is 5.32 Å². The highest BCUT2D eigenvalue weighted by atomic mass is 35.5. The number of halogens is 3. The summed E-state index contributed by atoms with van der Waals surface area (Å²) in [5.74, 6) is 0.345. The summed E-state index contributed by atoms with van der Waals surface area (Å²) in [5, 5.41) is 8.75. The summed E-state index contributed by atoms with van der Waals surface area (Å²) in [6.07, 6.45) is 3.89. The number of fused-ring (bicyclic) bond motifs is 5. The van der Waals surface area contributed by atoms with Crippen LogP contribution in [0.25, 0.3) is 5.69 Å². The summed E-state index contributed by atoms with van der Waals surface area (Å²) in [6.45, 7) is 0.460. The first-order valence-corrected chi connectivity index (χ1v) is 10.9. The molecule has 154 valence electrons. The number of hydrogen-bond donors (Lipinski definition) is 1. The zero-order valence-electron chi connectivity index (χ0n) is 16.2. The molecule has 0 radical (unpaired) electrons. The van der Waals surface area contributed by atoms with Crippen LogP contribution in [0.15, 0.2) is 42.5 Å². The lowest BCUT2D eigenvalue weighted by Gasteiger charge is -2.14. The number of benzene rings is 2. The lowest BCUT2D eigenvalue weighted by atomic mass is 9.95. The van der Waals surface area contributed by atoms with Gasteiger partial charge in [-0.3, -0.25) is 4.79 Å². The average Bonchev–Trinajstić information content (AvgIpc) is 3.42. The monoisotopic (exact) mass is 443 g/mol. The van der Waals surface area contributed by atoms with Gasteiger partial charge in [-0.2, -0.15) is 5.10 Å². The highest BCUT2D eigenvalue weighted by Gasteiger charge is 2.44. The van der Waals surface area contributed by atoms with Crippen molar-refractivity contribution in [3.05, 3.63) is 80.8 Å². The number of aromatic nitrogens is 2. The Hall–Kier alpha value is -2.37. The third kappa shape index (κ3) is 3.40. The van der Waals surface area contributed by atoms with Crippen molar-refractivity contribution in [1.82, 2.24) is 15.1 Å². The van der Waals surface area contributed by atoms with Gasteiger partial charge in [-0.25, -0.2) is 9.07 Å². The molecule has 2 aliphatic carbocycles. The Bertz CT molecular complexity index is 1130. The smallest absolute Gasteiger partial charge is 0.272 e. The topological polar surface area (TPSA) is 46.9 Å². The van der Waals surface area contributed by atoms with E-state index in [1.54, 1.807) is 24.3 Å². The standard InChI is InChI=1S/C23H20Cl2FN3O/c24-16-5-8-19(18(25)12-16)29-22-15-4-3-14(11-15)20(22)21(28-29)23(30)27-10-9-13-1-6-17(26)7-2-13/h1-2,5-8,12,14-15H,3-4,9-11H2,(H,27,30). The van der Waals surface area contributed by atoms with Gasteiger partial charge in [0.2, 0.25) is 0 Å². The third-order valence-electron chi connectivity index (χ3n) is 6.15. The first kappa shape index (κ1) is 19.6. The van der Waals surface area contributed by atoms with Crippen molar-refractivity contribution in [2.45, 2.75) is 37.5 Å². The Morgan fingerprint density at radius 3 is 2.67 bits per heavy atom. The zero-order chi connectivity index (χ0) is 20.8. The van der Waals surface area contributed by atoms with E-state index < -0.39 is 0 Å². The van der Waals surface area contributed by atoms with E-state index in [0.717, 1.165) is 41.8 Å². The summed E-state index contributed by atoms with van der Waals surface area (Å²) in [4.78, 5) is 13.0. The van der Waals surface area contributed by atoms with E-state index in [4.69, 9.17) is 28.3 Å². The van der Waals surface area contributed by atoms with E-state index in [1.165, 1.54) is 12.1 Å². The molecule has 30 heavy (non-hydrogen) atoms. The fraction of sp³-hybridized carbons (Fsp3) is 0.304. The van der Waals surface area contributed by atoms with Crippen LogP contribution in [-0.4, -0.2) is 22.2 Å². The van der Waals surface area contributed by atoms with Crippen LogP contribution in [0.1, 0.15) is 58.4 Å². The van der Waals surface area contributed by atoms with Gasteiger partial charge in [-0.1, -0.05) is 35.3 Å². The molecule has 1 fully saturated rings. The van der Waals surface area contributed by atoms with Crippen LogP contribution < -0.4 is 5.32 Å². The highest BCUT2D eigenvalue weighted by molar-refractivity contribution is 6.35. The van der Waals surface area contributed by atoms with Crippen LogP contribution in [0.3, 0.4) is 0 Å². The summed E-state index contributed by atoms with van der Waals surface area (Å²) < 4.78 is 14.9. The Morgan fingerprint density at radius 2 is 1.90 bits per heavy atom. The minimum atomic E-state index is -0.264. The minimum Gasteiger partial charge on any atom is -0.350 e. The Morgan fingerprint density at radius 1 is 1.13 bits per heavy atom. The molecule has 0 aliphatic heterocycles. The van der Waals surface area contributed by atoms with Gasteiger partial charge >= 0.3 is 0 Å². The summed E-state index contributed by atoms with van der Waals surface area (Å²) in [7, 11) is 0. The van der Waals surface area contributed by atoms with Crippen molar-refractivity contribution in [2.75, 3.05) is 6.54 Å². The molecule has 5 rings (SSSR count). The quantitative estimate of drug-likeness (QED) is 0.553. The van der Waals surface area contributed by atoms with Crippen molar-refractivity contribution in [1.29, 1.82) is 0 Å². The summed E-state index contributed by atoms with van der Waals surface area (Å²) in [5.41, 5.74) is 4.38. The van der Waals surface area contributed by atoms with E-state index >= 15 is 0 Å². The molecule has 1 aromatic heterocycles. The first-order valence-electron chi connectivity index (χ1n) is 10.1. The molecular formula is C23H20Cl2FN3O. The molecule has 1 saturated carbocycles. The van der Waals surface area contributed by atoms with E-state index in [-0.39, 0.29) is 11.7 Å². The van der Waals surface area contributed by atoms with E-state index in [9.17, 15) is 9.18 Å². The minimum absolute atomic E-state index is 0.176. The molecule has 1 N–H and O–H groups in total. The van der Waals surface area contributed by atoms with E-state index in [0.29, 0.717) is 40.5 Å². The summed E-state index contributed by atoms with van der Waals surface area (Å²) >= 11 is 12.5. The number of amides is 1. The van der Waals surface area contributed by atoms with Gasteiger partial charge in [0.1, 0.15) is 5.82 Å². The van der Waals surface area contributed by atoms with Crippen LogP contribution in [0.5, 0.6) is 0 Å². The maximum absolute atomic E-state index is 13.1. The molecule has 2 atom stereocenters. The molecule has 0 spiro atoms. The van der Waals surface area contributed by atoms with Crippen molar-refractivity contribution >= 4 is 29.1 Å². The SMILES string of the molecule is O=C(NCCc1ccc(F)cc1)c1nn(-c2ccc(Cl)cc2Cl)c2c1C1CCC2C1. The van der Waals surface area contributed by atoms with Gasteiger partial charge in [-0.05, 0) is 67.5 Å². The number of nitrogens with one attached hydrogen (secondary N) is 1. The molecule has 1 heterocycles. The molecule has 4 nitrogen and oxygen atoms in total. The molecule has 3 aromatic rings. The number of nitrogens with zero attached hydrogens (tertiary/aromatic N) is 2. The number of carbonyl (C=O) groups excluding carboxylic acids is 1. The van der Waals surface area contributed by atoms with Crippen LogP contribution in [0.2, 0.25) is 10.0 Å². The molecule has 2 aromatic carbocycles. The van der Waals surface area contributed by atoms with E-state index in [2.05, 4.69) is 5.32 Å². The van der Waals surface area contributed by atoms with Crippen LogP contribution in [-0.2, 0) is 6.42 Å². The molecule has 2 aliphatic rings. The second-order valence-electron chi connectivity index (χ2n) is 7.99. The Labute approximate surface area is 184 Å². The lowest BCUT2D eigenvalue weighted by molar-refractivity contribution is 0.0947. The molecule has 1 amide bonds. The van der Waals surface area contributed by atoms with Crippen LogP contribution in [0, 0.1) is 5.82 Å². The van der Waals surface area contributed by atoms with Gasteiger partial charge in [0.15, 0.2) is 5.69 Å². The summed E-state index contributed by atoms with van der Waals surface area (Å²) in [6, 6.07) is 11.6. The average molecular weight is 444 g/mol. The first-order chi connectivity index (χ1) is 14.5. The number of rotatable bonds is 5. The highest BCUT2D eigenvalue weighted by Crippen LogP contribution is 2.54. The fourth-order valence-corrected chi connectivity index (χ4v) is 5.28. The van der Waals surface area contributed by atoms with E-state index in [1.807, 2.05) is 10.7 Å². The predicted octanol–water partition coefficient (Wildman–Crippen LogP) is 5.66. The van der Waals surface area contributed by atoms with Gasteiger partial charge in [-0.15, -0.1) is 0 Å². The van der Waals surface area contributed by atoms with Crippen LogP contribution >= 0.6 is 23.2 Å². The fourth-order valence-electron chi connectivity index (χ4n) is 4.79. The van der Waals surface area contributed by atoms with Gasteiger partial charge in [0.05, 0.1) is 16.4 Å².